The molecule has 0 aliphatic carbocycles. The van der Waals surface area contributed by atoms with Crippen LogP contribution in [0, 0.1) is 16.1 Å². The smallest absolute Gasteiger partial charge is 0.195 e. The van der Waals surface area contributed by atoms with Crippen LogP contribution < -0.4 is 0 Å². The number of rotatable bonds is 2. The molecule has 0 bridgehead atoms. The van der Waals surface area contributed by atoms with Gasteiger partial charge >= 0.3 is 0 Å². The van der Waals surface area contributed by atoms with Gasteiger partial charge < -0.3 is 0 Å². The van der Waals surface area contributed by atoms with Gasteiger partial charge in [0, 0.05) is 11.6 Å². The van der Waals surface area contributed by atoms with Crippen LogP contribution in [0.5, 0.6) is 0 Å². The fourth-order valence-electron chi connectivity index (χ4n) is 1.68. The molecule has 0 saturated carbocycles. The molecule has 0 unspecified atom stereocenters. The van der Waals surface area contributed by atoms with Gasteiger partial charge in [0.05, 0.1) is 11.6 Å². The summed E-state index contributed by atoms with van der Waals surface area (Å²) in [7, 11) is 0. The number of nitrogens with one attached hydrogen (secondary N) is 1. The first-order valence-corrected chi connectivity index (χ1v) is 5.71. The van der Waals surface area contributed by atoms with Gasteiger partial charge in [-0.25, -0.2) is 0 Å². The number of hydrogen-bond donors (Lipinski definition) is 1. The van der Waals surface area contributed by atoms with E-state index >= 15 is 0 Å². The number of aromatic amines is 1. The van der Waals surface area contributed by atoms with Crippen molar-refractivity contribution in [2.24, 2.45) is 0 Å². The van der Waals surface area contributed by atoms with Crippen molar-refractivity contribution in [1.29, 1.82) is 5.26 Å². The Morgan fingerprint density at radius 3 is 2.53 bits per heavy atom. The van der Waals surface area contributed by atoms with Crippen molar-refractivity contribution in [3.05, 3.63) is 34.6 Å². The van der Waals surface area contributed by atoms with E-state index in [0.717, 1.165) is 11.4 Å². The molecule has 4 nitrogen and oxygen atoms in total. The Kier molecular flexibility index (Phi) is 3.07. The average molecular weight is 244 g/mol. The van der Waals surface area contributed by atoms with Crippen molar-refractivity contribution in [3.63, 3.8) is 0 Å². The lowest BCUT2D eigenvalue weighted by Gasteiger charge is -2.10. The van der Waals surface area contributed by atoms with E-state index in [0.29, 0.717) is 10.3 Å². The molecule has 0 aliphatic rings. The summed E-state index contributed by atoms with van der Waals surface area (Å²) in [5.74, 6) is 0.800. The van der Waals surface area contributed by atoms with E-state index in [1.165, 1.54) is 0 Å². The van der Waals surface area contributed by atoms with Crippen LogP contribution in [0.2, 0.25) is 0 Å². The van der Waals surface area contributed by atoms with Gasteiger partial charge in [0.2, 0.25) is 0 Å². The van der Waals surface area contributed by atoms with Gasteiger partial charge in [-0.05, 0) is 50.3 Å². The maximum atomic E-state index is 8.75. The molecule has 5 heteroatoms. The number of benzene rings is 1. The largest absolute Gasteiger partial charge is 0.298 e. The molecule has 2 rings (SSSR count). The monoisotopic (exact) mass is 244 g/mol. The average Bonchev–Trinajstić information content (AvgIpc) is 2.71. The SMILES string of the molecule is CC(C)n1c(-c2ccc(C#N)cc2)n[nH]c1=S. The molecule has 1 N–H and O–H groups in total. The standard InChI is InChI=1S/C12H12N4S/c1-8(2)16-11(14-15-12(16)17)10-5-3-9(7-13)4-6-10/h3-6,8H,1-2H3,(H,15,17). The maximum Gasteiger partial charge on any atom is 0.195 e. The lowest BCUT2D eigenvalue weighted by atomic mass is 10.1. The highest BCUT2D eigenvalue weighted by Crippen LogP contribution is 2.21. The molecule has 2 aromatic rings. The zero-order chi connectivity index (χ0) is 12.4. The minimum Gasteiger partial charge on any atom is -0.298 e. The Bertz CT molecular complexity index is 613. The molecule has 0 amide bonds. The molecule has 0 fully saturated rings. The van der Waals surface area contributed by atoms with Crippen LogP contribution in [0.15, 0.2) is 24.3 Å². The molecule has 1 aromatic heterocycles. The first kappa shape index (κ1) is 11.6. The molecule has 17 heavy (non-hydrogen) atoms. The third kappa shape index (κ3) is 2.12. The Balaban J connectivity index is 2.54. The summed E-state index contributed by atoms with van der Waals surface area (Å²) in [6, 6.07) is 9.64. The second kappa shape index (κ2) is 4.52. The third-order valence-electron chi connectivity index (χ3n) is 2.49. The molecule has 1 heterocycles. The van der Waals surface area contributed by atoms with E-state index in [1.54, 1.807) is 12.1 Å². The molecule has 0 atom stereocenters. The Morgan fingerprint density at radius 2 is 2.00 bits per heavy atom. The van der Waals surface area contributed by atoms with Crippen LogP contribution in [0.3, 0.4) is 0 Å². The van der Waals surface area contributed by atoms with Gasteiger partial charge in [-0.2, -0.15) is 10.4 Å². The minimum atomic E-state index is 0.242. The molecular formula is C12H12N4S. The quantitative estimate of drug-likeness (QED) is 0.826. The molecular weight excluding hydrogens is 232 g/mol. The normalized spacial score (nSPS) is 10.5. The predicted molar refractivity (Wildman–Crippen MR) is 67.9 cm³/mol. The third-order valence-corrected chi connectivity index (χ3v) is 2.78. The Morgan fingerprint density at radius 1 is 1.35 bits per heavy atom. The van der Waals surface area contributed by atoms with Crippen LogP contribution >= 0.6 is 12.2 Å². The number of nitrogens with zero attached hydrogens (tertiary/aromatic N) is 3. The summed E-state index contributed by atoms with van der Waals surface area (Å²) in [5, 5.41) is 15.8. The lowest BCUT2D eigenvalue weighted by molar-refractivity contribution is 0.597. The molecule has 0 radical (unpaired) electrons. The fraction of sp³-hybridized carbons (Fsp3) is 0.250. The van der Waals surface area contributed by atoms with Gasteiger partial charge in [0.15, 0.2) is 10.6 Å². The first-order valence-electron chi connectivity index (χ1n) is 5.31. The highest BCUT2D eigenvalue weighted by molar-refractivity contribution is 7.71. The molecule has 1 aromatic carbocycles. The van der Waals surface area contributed by atoms with Crippen molar-refractivity contribution in [1.82, 2.24) is 14.8 Å². The molecule has 0 aliphatic heterocycles. The summed E-state index contributed by atoms with van der Waals surface area (Å²) in [5.41, 5.74) is 1.59. The molecule has 86 valence electrons. The highest BCUT2D eigenvalue weighted by atomic mass is 32.1. The highest BCUT2D eigenvalue weighted by Gasteiger charge is 2.10. The van der Waals surface area contributed by atoms with E-state index in [1.807, 2.05) is 16.7 Å². The van der Waals surface area contributed by atoms with Crippen LogP contribution in [-0.4, -0.2) is 14.8 Å². The first-order chi connectivity index (χ1) is 8.13. The van der Waals surface area contributed by atoms with E-state index in [4.69, 9.17) is 17.5 Å². The van der Waals surface area contributed by atoms with Crippen LogP contribution in [0.4, 0.5) is 0 Å². The van der Waals surface area contributed by atoms with Gasteiger partial charge in [-0.1, -0.05) is 0 Å². The zero-order valence-electron chi connectivity index (χ0n) is 9.64. The molecule has 0 saturated heterocycles. The van der Waals surface area contributed by atoms with Gasteiger partial charge in [-0.15, -0.1) is 0 Å². The molecule has 0 spiro atoms. The number of hydrogen-bond acceptors (Lipinski definition) is 3. The van der Waals surface area contributed by atoms with E-state index in [9.17, 15) is 0 Å². The van der Waals surface area contributed by atoms with Crippen molar-refractivity contribution in [2.75, 3.05) is 0 Å². The number of nitriles is 1. The number of aromatic nitrogens is 3. The van der Waals surface area contributed by atoms with Crippen molar-refractivity contribution >= 4 is 12.2 Å². The van der Waals surface area contributed by atoms with E-state index in [2.05, 4.69) is 30.1 Å². The summed E-state index contributed by atoms with van der Waals surface area (Å²) in [6.07, 6.45) is 0. The Labute approximate surface area is 105 Å². The minimum absolute atomic E-state index is 0.242. The Hall–Kier alpha value is -1.93. The van der Waals surface area contributed by atoms with Gasteiger partial charge in [-0.3, -0.25) is 9.67 Å². The second-order valence-corrected chi connectivity index (χ2v) is 4.39. The summed E-state index contributed by atoms with van der Waals surface area (Å²) >= 11 is 5.19. The zero-order valence-corrected chi connectivity index (χ0v) is 10.5. The van der Waals surface area contributed by atoms with Crippen LogP contribution in [0.25, 0.3) is 11.4 Å². The van der Waals surface area contributed by atoms with Crippen molar-refractivity contribution in [3.8, 4) is 17.5 Å². The van der Waals surface area contributed by atoms with E-state index in [-0.39, 0.29) is 6.04 Å². The maximum absolute atomic E-state index is 8.75. The van der Waals surface area contributed by atoms with Crippen molar-refractivity contribution < 1.29 is 0 Å². The topological polar surface area (TPSA) is 57.4 Å². The van der Waals surface area contributed by atoms with Gasteiger partial charge in [0.25, 0.3) is 0 Å². The fourth-order valence-corrected chi connectivity index (χ4v) is 2.02. The van der Waals surface area contributed by atoms with Crippen molar-refractivity contribution in [2.45, 2.75) is 19.9 Å². The summed E-state index contributed by atoms with van der Waals surface area (Å²) in [4.78, 5) is 0. The van der Waals surface area contributed by atoms with Crippen LogP contribution in [0.1, 0.15) is 25.5 Å². The van der Waals surface area contributed by atoms with Crippen LogP contribution in [-0.2, 0) is 0 Å². The summed E-state index contributed by atoms with van der Waals surface area (Å²) < 4.78 is 2.57. The predicted octanol–water partition coefficient (Wildman–Crippen LogP) is 3.06. The van der Waals surface area contributed by atoms with E-state index < -0.39 is 0 Å². The van der Waals surface area contributed by atoms with Gasteiger partial charge in [0.1, 0.15) is 0 Å². The number of H-pyrrole nitrogens is 1. The lowest BCUT2D eigenvalue weighted by Crippen LogP contribution is -2.03. The second-order valence-electron chi connectivity index (χ2n) is 4.01. The summed E-state index contributed by atoms with van der Waals surface area (Å²) in [6.45, 7) is 4.11.